The van der Waals surface area contributed by atoms with Crippen LogP contribution in [0.25, 0.3) is 55.9 Å². The van der Waals surface area contributed by atoms with E-state index in [4.69, 9.17) is 34.6 Å². The topological polar surface area (TPSA) is 158 Å². The van der Waals surface area contributed by atoms with Gasteiger partial charge in [-0.15, -0.1) is 23.5 Å². The molecule has 0 radical (unpaired) electrons. The van der Waals surface area contributed by atoms with Gasteiger partial charge in [0.2, 0.25) is 0 Å². The number of rotatable bonds is 25. The lowest BCUT2D eigenvalue weighted by Gasteiger charge is -2.28. The fraction of sp³-hybridized carbons (Fsp3) is 0.429. The number of aromatic nitrogens is 4. The highest BCUT2D eigenvalue weighted by Gasteiger charge is 2.29. The number of benzene rings is 4. The van der Waals surface area contributed by atoms with E-state index in [0.29, 0.717) is 49.9 Å². The summed E-state index contributed by atoms with van der Waals surface area (Å²) in [6, 6.07) is 38.7. The van der Waals surface area contributed by atoms with E-state index in [1.54, 1.807) is 30.6 Å². The highest BCUT2D eigenvalue weighted by molar-refractivity contribution is 7.99. The third kappa shape index (κ3) is 13.6. The van der Waals surface area contributed by atoms with Gasteiger partial charge in [-0.2, -0.15) is 10.2 Å². The molecule has 70 heavy (non-hydrogen) atoms. The lowest BCUT2D eigenvalue weighted by Crippen LogP contribution is -2.23. The predicted molar refractivity (Wildman–Crippen MR) is 278 cm³/mol. The maximum absolute atomic E-state index is 11.0. The zero-order chi connectivity index (χ0) is 48.7. The molecule has 0 aliphatic heterocycles. The first-order valence-corrected chi connectivity index (χ1v) is 26.7. The fourth-order valence-corrected chi connectivity index (χ4v) is 12.1. The van der Waals surface area contributed by atoms with E-state index in [1.807, 2.05) is 6.07 Å². The average molecular weight is 987 g/mol. The Morgan fingerprint density at radius 3 is 1.69 bits per heavy atom. The number of carboxylic acid groups (broad SMARTS) is 2. The number of nitrogens with zero attached hydrogens (tertiary/aromatic N) is 4. The quantitative estimate of drug-likeness (QED) is 0.0369. The summed E-state index contributed by atoms with van der Waals surface area (Å²) in [6.45, 7) is 2.79. The summed E-state index contributed by atoms with van der Waals surface area (Å²) < 4.78 is 20.9. The minimum atomic E-state index is -0.932. The van der Waals surface area contributed by atoms with Gasteiger partial charge in [-0.05, 0) is 110 Å². The number of carboxylic acids is 2. The van der Waals surface area contributed by atoms with E-state index in [0.717, 1.165) is 142 Å². The van der Waals surface area contributed by atoms with E-state index in [-0.39, 0.29) is 19.8 Å². The molecule has 0 bridgehead atoms. The molecule has 4 aromatic carbocycles. The van der Waals surface area contributed by atoms with Crippen LogP contribution in [0.5, 0.6) is 0 Å². The van der Waals surface area contributed by atoms with E-state index >= 15 is 0 Å². The Labute approximate surface area is 420 Å². The highest BCUT2D eigenvalue weighted by atomic mass is 32.2. The van der Waals surface area contributed by atoms with Crippen LogP contribution in [0.2, 0.25) is 0 Å². The molecule has 14 heteroatoms. The number of aliphatic hydroxyl groups is 1. The van der Waals surface area contributed by atoms with Gasteiger partial charge < -0.3 is 29.5 Å². The number of methoxy groups -OCH3 is 1. The van der Waals surface area contributed by atoms with Crippen molar-refractivity contribution in [3.8, 4) is 55.9 Å². The second-order valence-electron chi connectivity index (χ2n) is 18.7. The summed E-state index contributed by atoms with van der Waals surface area (Å²) in [5, 5.41) is 40.8. The molecule has 0 spiro atoms. The van der Waals surface area contributed by atoms with Crippen LogP contribution in [0.15, 0.2) is 119 Å². The van der Waals surface area contributed by atoms with E-state index in [1.165, 1.54) is 0 Å². The monoisotopic (exact) mass is 986 g/mol. The Morgan fingerprint density at radius 2 is 1.11 bits per heavy atom. The molecule has 8 rings (SSSR count). The molecule has 0 unspecified atom stereocenters. The van der Waals surface area contributed by atoms with Crippen LogP contribution in [-0.4, -0.2) is 105 Å². The fourth-order valence-electron chi connectivity index (χ4n) is 10.0. The molecule has 370 valence electrons. The van der Waals surface area contributed by atoms with Crippen LogP contribution in [0.3, 0.4) is 0 Å². The molecule has 0 amide bonds. The van der Waals surface area contributed by atoms with Crippen molar-refractivity contribution < 1.29 is 39.1 Å². The van der Waals surface area contributed by atoms with Crippen LogP contribution >= 0.6 is 23.5 Å². The van der Waals surface area contributed by atoms with Crippen LogP contribution in [0, 0.1) is 23.7 Å². The third-order valence-corrected chi connectivity index (χ3v) is 15.7. The van der Waals surface area contributed by atoms with Gasteiger partial charge in [-0.1, -0.05) is 103 Å². The maximum Gasteiger partial charge on any atom is 0.329 e. The first kappa shape index (κ1) is 51.1. The lowest BCUT2D eigenvalue weighted by molar-refractivity contribution is -0.143. The third-order valence-electron chi connectivity index (χ3n) is 13.6. The number of aliphatic carboxylic acids is 2. The van der Waals surface area contributed by atoms with Gasteiger partial charge in [0.15, 0.2) is 0 Å². The van der Waals surface area contributed by atoms with Gasteiger partial charge in [0.1, 0.15) is 29.0 Å². The van der Waals surface area contributed by atoms with Crippen molar-refractivity contribution in [2.75, 3.05) is 58.3 Å². The number of aliphatic hydroxyl groups excluding tert-OH is 1. The van der Waals surface area contributed by atoms with Gasteiger partial charge in [0.25, 0.3) is 0 Å². The largest absolute Gasteiger partial charge is 0.480 e. The molecular weight excluding hydrogens is 921 g/mol. The molecule has 2 aromatic heterocycles. The summed E-state index contributed by atoms with van der Waals surface area (Å²) in [4.78, 5) is 22.1. The minimum absolute atomic E-state index is 0.129. The van der Waals surface area contributed by atoms with Crippen LogP contribution in [-0.2, 0) is 36.9 Å². The summed E-state index contributed by atoms with van der Waals surface area (Å²) in [5.74, 6) is 1.29. The maximum atomic E-state index is 11.0. The molecule has 12 nitrogen and oxygen atoms in total. The van der Waals surface area contributed by atoms with Crippen LogP contribution < -0.4 is 0 Å². The van der Waals surface area contributed by atoms with Gasteiger partial charge in [0, 0.05) is 60.6 Å². The number of thioether (sulfide) groups is 2. The minimum Gasteiger partial charge on any atom is -0.480 e. The molecule has 2 saturated carbocycles. The summed E-state index contributed by atoms with van der Waals surface area (Å²) in [5.41, 5.74) is 10.8. The standard InChI is InChI=1S/C56H66N4O8S2/c1-66-29-31-69-55-52(45-12-6-3-7-13-45)54(59(58-55)33-39-16-20-41(21-17-39)35-67-37-49(62)63)46-26-24-43(25-27-46)47-14-8-15-48(32-47)53-51(44-10-4-2-5-11-44)56(70-30-9-28-61)60(57-53)34-40-18-22-42(23-19-40)36-68-38-50(64)65/h2-8,10-15,24-27,32,39-42,61H,9,16-23,28-31,33-38H2,1H3,(H,62,63)(H,64,65). The normalized spacial score (nSPS) is 18.3. The van der Waals surface area contributed by atoms with Crippen LogP contribution in [0.1, 0.15) is 57.8 Å². The zero-order valence-corrected chi connectivity index (χ0v) is 41.8. The molecule has 2 aliphatic carbocycles. The SMILES string of the molecule is COCCSc1nn(CC2CCC(COCC(=O)O)CC2)c(-c2ccc(-c3cccc(-c4nn(CC5CCC(COCC(=O)O)CC5)c(SCCCO)c4-c4ccccc4)c3)cc2)c1-c1ccccc1. The smallest absolute Gasteiger partial charge is 0.329 e. The van der Waals surface area contributed by atoms with Crippen molar-refractivity contribution in [3.63, 3.8) is 0 Å². The first-order chi connectivity index (χ1) is 34.3. The van der Waals surface area contributed by atoms with Crippen molar-refractivity contribution in [2.24, 2.45) is 23.7 Å². The lowest BCUT2D eigenvalue weighted by atomic mass is 9.82. The van der Waals surface area contributed by atoms with Crippen molar-refractivity contribution >= 4 is 35.5 Å². The molecular formula is C56H66N4O8S2. The molecule has 2 fully saturated rings. The van der Waals surface area contributed by atoms with Gasteiger partial charge in [-0.3, -0.25) is 9.36 Å². The molecule has 0 atom stereocenters. The molecule has 6 aromatic rings. The van der Waals surface area contributed by atoms with Crippen molar-refractivity contribution in [1.82, 2.24) is 19.6 Å². The first-order valence-electron chi connectivity index (χ1n) is 24.8. The summed E-state index contributed by atoms with van der Waals surface area (Å²) in [6.07, 6.45) is 8.80. The zero-order valence-electron chi connectivity index (χ0n) is 40.1. The Bertz CT molecular complexity index is 2590. The number of carbonyl (C=O) groups is 2. The molecule has 2 aliphatic rings. The highest BCUT2D eigenvalue weighted by Crippen LogP contribution is 2.44. The predicted octanol–water partition coefficient (Wildman–Crippen LogP) is 11.4. The van der Waals surface area contributed by atoms with Crippen LogP contribution in [0.4, 0.5) is 0 Å². The number of hydrogen-bond donors (Lipinski definition) is 3. The Kier molecular flexibility index (Phi) is 18.8. The van der Waals surface area contributed by atoms with Gasteiger partial charge in [0.05, 0.1) is 25.5 Å². The van der Waals surface area contributed by atoms with Crippen molar-refractivity contribution in [1.29, 1.82) is 0 Å². The average Bonchev–Trinajstić information content (AvgIpc) is 3.93. The second kappa shape index (κ2) is 25.8. The summed E-state index contributed by atoms with van der Waals surface area (Å²) >= 11 is 3.49. The Morgan fingerprint density at radius 1 is 0.586 bits per heavy atom. The van der Waals surface area contributed by atoms with Gasteiger partial charge >= 0.3 is 11.9 Å². The number of ether oxygens (including phenoxy) is 3. The van der Waals surface area contributed by atoms with Gasteiger partial charge in [-0.25, -0.2) is 9.59 Å². The van der Waals surface area contributed by atoms with Crippen molar-refractivity contribution in [2.45, 2.75) is 80.9 Å². The van der Waals surface area contributed by atoms with Crippen molar-refractivity contribution in [3.05, 3.63) is 109 Å². The van der Waals surface area contributed by atoms with E-state index in [2.05, 4.69) is 112 Å². The number of hydrogen-bond acceptors (Lipinski definition) is 10. The summed E-state index contributed by atoms with van der Waals surface area (Å²) in [7, 11) is 1.73. The molecule has 3 N–H and O–H groups in total. The Balaban J connectivity index is 1.10. The Hall–Kier alpha value is -5.22. The van der Waals surface area contributed by atoms with E-state index in [9.17, 15) is 14.7 Å². The molecule has 0 saturated heterocycles. The van der Waals surface area contributed by atoms with E-state index < -0.39 is 11.9 Å². The molecule has 2 heterocycles. The second-order valence-corrected chi connectivity index (χ2v) is 20.8.